The van der Waals surface area contributed by atoms with Crippen molar-refractivity contribution in [3.8, 4) is 0 Å². The van der Waals surface area contributed by atoms with Crippen molar-refractivity contribution in [2.75, 3.05) is 23.8 Å². The number of amides is 5. The molecule has 2 unspecified atom stereocenters. The van der Waals surface area contributed by atoms with E-state index < -0.39 is 17.5 Å². The second kappa shape index (κ2) is 7.74. The Hall–Kier alpha value is -2.90. The molecule has 1 aliphatic carbocycles. The maximum Gasteiger partial charge on any atom is 0.325 e. The molecule has 30 heavy (non-hydrogen) atoms. The lowest BCUT2D eigenvalue weighted by molar-refractivity contribution is -0.136. The predicted molar refractivity (Wildman–Crippen MR) is 114 cm³/mol. The van der Waals surface area contributed by atoms with Crippen LogP contribution < -0.4 is 15.5 Å². The number of imide groups is 1. The quantitative estimate of drug-likeness (QED) is 0.740. The third-order valence-corrected chi connectivity index (χ3v) is 5.94. The van der Waals surface area contributed by atoms with Crippen molar-refractivity contribution in [3.63, 3.8) is 0 Å². The number of carbonyl (C=O) groups excluding carboxylic acids is 4. The van der Waals surface area contributed by atoms with E-state index in [1.54, 1.807) is 31.3 Å². The normalized spacial score (nSPS) is 25.2. The molecule has 2 atom stereocenters. The summed E-state index contributed by atoms with van der Waals surface area (Å²) in [6.45, 7) is 7.43. The lowest BCUT2D eigenvalue weighted by atomic mass is 9.64. The highest BCUT2D eigenvalue weighted by Crippen LogP contribution is 2.46. The standard InChI is InChI=1S/C22H30N4O4/c1-14-10-21(3,4)13-22(11-14)19(29)26(20(30)24-22)12-18(28)23-16-6-8-17(9-7-16)25(5)15(2)27/h6-9,14H,10-13H2,1-5H3,(H,23,28)(H,24,30). The molecule has 2 fully saturated rings. The molecule has 0 radical (unpaired) electrons. The highest BCUT2D eigenvalue weighted by Gasteiger charge is 2.56. The number of nitrogens with one attached hydrogen (secondary N) is 2. The number of nitrogens with zero attached hydrogens (tertiary/aromatic N) is 2. The number of urea groups is 1. The van der Waals surface area contributed by atoms with Gasteiger partial charge in [0.2, 0.25) is 11.8 Å². The second-order valence-electron chi connectivity index (χ2n) is 9.43. The van der Waals surface area contributed by atoms with E-state index in [0.29, 0.717) is 30.1 Å². The summed E-state index contributed by atoms with van der Waals surface area (Å²) in [7, 11) is 1.66. The summed E-state index contributed by atoms with van der Waals surface area (Å²) < 4.78 is 0. The van der Waals surface area contributed by atoms with E-state index in [9.17, 15) is 19.2 Å². The minimum Gasteiger partial charge on any atom is -0.325 e. The lowest BCUT2D eigenvalue weighted by Gasteiger charge is -2.43. The van der Waals surface area contributed by atoms with Crippen molar-refractivity contribution in [1.29, 1.82) is 0 Å². The van der Waals surface area contributed by atoms with Crippen LogP contribution in [0, 0.1) is 11.3 Å². The maximum atomic E-state index is 13.1. The zero-order valence-corrected chi connectivity index (χ0v) is 18.2. The van der Waals surface area contributed by atoms with Crippen molar-refractivity contribution in [3.05, 3.63) is 24.3 Å². The molecule has 5 amide bonds. The summed E-state index contributed by atoms with van der Waals surface area (Å²) in [5.41, 5.74) is 0.242. The molecule has 3 rings (SSSR count). The van der Waals surface area contributed by atoms with Crippen LogP contribution in [0.25, 0.3) is 0 Å². The monoisotopic (exact) mass is 414 g/mol. The Morgan fingerprint density at radius 1 is 1.20 bits per heavy atom. The van der Waals surface area contributed by atoms with Gasteiger partial charge in [0.15, 0.2) is 0 Å². The summed E-state index contributed by atoms with van der Waals surface area (Å²) in [4.78, 5) is 52.1. The molecule has 162 valence electrons. The number of benzene rings is 1. The molecule has 1 aromatic rings. The second-order valence-corrected chi connectivity index (χ2v) is 9.43. The zero-order valence-electron chi connectivity index (χ0n) is 18.2. The van der Waals surface area contributed by atoms with Gasteiger partial charge in [-0.15, -0.1) is 0 Å². The SMILES string of the molecule is CC(=O)N(C)c1ccc(NC(=O)CN2C(=O)NC3(CC(C)CC(C)(C)C3)C2=O)cc1. The topological polar surface area (TPSA) is 98.8 Å². The van der Waals surface area contributed by atoms with Crippen molar-refractivity contribution in [2.24, 2.45) is 11.3 Å². The molecule has 8 nitrogen and oxygen atoms in total. The first-order valence-electron chi connectivity index (χ1n) is 10.2. The van der Waals surface area contributed by atoms with Crippen molar-refractivity contribution in [2.45, 2.75) is 52.5 Å². The Labute approximate surface area is 177 Å². The Morgan fingerprint density at radius 3 is 2.40 bits per heavy atom. The fourth-order valence-electron chi connectivity index (χ4n) is 4.94. The molecule has 1 saturated carbocycles. The molecular formula is C22H30N4O4. The highest BCUT2D eigenvalue weighted by atomic mass is 16.2. The van der Waals surface area contributed by atoms with Crippen molar-refractivity contribution >= 4 is 35.1 Å². The average Bonchev–Trinajstić information content (AvgIpc) is 2.83. The fraction of sp³-hybridized carbons (Fsp3) is 0.545. The van der Waals surface area contributed by atoms with E-state index in [1.165, 1.54) is 11.8 Å². The van der Waals surface area contributed by atoms with Gasteiger partial charge in [-0.1, -0.05) is 20.8 Å². The molecule has 2 N–H and O–H groups in total. The van der Waals surface area contributed by atoms with Crippen LogP contribution in [-0.2, 0) is 14.4 Å². The van der Waals surface area contributed by atoms with Gasteiger partial charge in [0.25, 0.3) is 5.91 Å². The molecular weight excluding hydrogens is 384 g/mol. The first-order chi connectivity index (χ1) is 13.9. The minimum absolute atomic E-state index is 0.0619. The van der Waals surface area contributed by atoms with Gasteiger partial charge >= 0.3 is 6.03 Å². The average molecular weight is 415 g/mol. The molecule has 1 spiro atoms. The summed E-state index contributed by atoms with van der Waals surface area (Å²) in [6, 6.07) is 6.26. The van der Waals surface area contributed by atoms with Crippen LogP contribution in [0.15, 0.2) is 24.3 Å². The fourth-order valence-corrected chi connectivity index (χ4v) is 4.94. The summed E-state index contributed by atoms with van der Waals surface area (Å²) >= 11 is 0. The van der Waals surface area contributed by atoms with Crippen LogP contribution >= 0.6 is 0 Å². The molecule has 1 heterocycles. The number of carbonyl (C=O) groups is 4. The Morgan fingerprint density at radius 2 is 1.83 bits per heavy atom. The van der Waals surface area contributed by atoms with E-state index in [4.69, 9.17) is 0 Å². The van der Waals surface area contributed by atoms with Crippen LogP contribution in [-0.4, -0.2) is 47.8 Å². The van der Waals surface area contributed by atoms with Gasteiger partial charge in [-0.05, 0) is 54.9 Å². The smallest absolute Gasteiger partial charge is 0.325 e. The van der Waals surface area contributed by atoms with Crippen LogP contribution in [0.5, 0.6) is 0 Å². The van der Waals surface area contributed by atoms with Crippen LogP contribution in [0.3, 0.4) is 0 Å². The summed E-state index contributed by atoms with van der Waals surface area (Å²) in [5, 5.41) is 5.58. The molecule has 2 aliphatic rings. The first kappa shape index (κ1) is 21.8. The molecule has 1 aromatic carbocycles. The zero-order chi connectivity index (χ0) is 22.3. The molecule has 1 saturated heterocycles. The largest absolute Gasteiger partial charge is 0.325 e. The van der Waals surface area contributed by atoms with Gasteiger partial charge in [0.1, 0.15) is 12.1 Å². The van der Waals surface area contributed by atoms with Gasteiger partial charge < -0.3 is 15.5 Å². The lowest BCUT2D eigenvalue weighted by Crippen LogP contribution is -2.54. The van der Waals surface area contributed by atoms with E-state index in [0.717, 1.165) is 11.3 Å². The van der Waals surface area contributed by atoms with Gasteiger partial charge in [-0.25, -0.2) is 4.79 Å². The summed E-state index contributed by atoms with van der Waals surface area (Å²) in [5.74, 6) is -0.565. The van der Waals surface area contributed by atoms with Crippen LogP contribution in [0.1, 0.15) is 47.0 Å². The molecule has 0 bridgehead atoms. The maximum absolute atomic E-state index is 13.1. The number of hydrogen-bond donors (Lipinski definition) is 2. The van der Waals surface area contributed by atoms with Gasteiger partial charge in [0.05, 0.1) is 0 Å². The molecule has 8 heteroatoms. The van der Waals surface area contributed by atoms with E-state index in [-0.39, 0.29) is 23.8 Å². The van der Waals surface area contributed by atoms with Crippen molar-refractivity contribution in [1.82, 2.24) is 10.2 Å². The number of rotatable bonds is 4. The number of hydrogen-bond acceptors (Lipinski definition) is 4. The summed E-state index contributed by atoms with van der Waals surface area (Å²) in [6.07, 6.45) is 2.15. The van der Waals surface area contributed by atoms with Crippen LogP contribution in [0.4, 0.5) is 16.2 Å². The molecule has 0 aromatic heterocycles. The van der Waals surface area contributed by atoms with Crippen LogP contribution in [0.2, 0.25) is 0 Å². The van der Waals surface area contributed by atoms with Crippen molar-refractivity contribution < 1.29 is 19.2 Å². The van der Waals surface area contributed by atoms with Gasteiger partial charge in [-0.3, -0.25) is 19.3 Å². The van der Waals surface area contributed by atoms with E-state index >= 15 is 0 Å². The Bertz CT molecular complexity index is 880. The highest BCUT2D eigenvalue weighted by molar-refractivity contribution is 6.10. The van der Waals surface area contributed by atoms with E-state index in [2.05, 4.69) is 31.4 Å². The third kappa shape index (κ3) is 4.32. The van der Waals surface area contributed by atoms with Gasteiger partial charge in [-0.2, -0.15) is 0 Å². The number of anilines is 2. The Balaban J connectivity index is 1.66. The Kier molecular flexibility index (Phi) is 5.62. The first-order valence-corrected chi connectivity index (χ1v) is 10.2. The predicted octanol–water partition coefficient (Wildman–Crippen LogP) is 2.74. The third-order valence-electron chi connectivity index (χ3n) is 5.94. The van der Waals surface area contributed by atoms with Gasteiger partial charge in [0, 0.05) is 25.3 Å². The van der Waals surface area contributed by atoms with E-state index in [1.807, 2.05) is 0 Å². The molecule has 1 aliphatic heterocycles. The minimum atomic E-state index is -0.919.